The molecule has 0 spiro atoms. The van der Waals surface area contributed by atoms with E-state index in [0.717, 1.165) is 5.69 Å². The SMILES string of the molecule is [2H]C(C)(CSC)C(=O)N(CC)c1cn(-c2cccnc2)nc1Cl. The first-order valence-electron chi connectivity index (χ1n) is 7.37. The van der Waals surface area contributed by atoms with Crippen molar-refractivity contribution in [1.29, 1.82) is 0 Å². The number of carbonyl (C=O) groups is 1. The van der Waals surface area contributed by atoms with Gasteiger partial charge in [0, 0.05) is 25.8 Å². The summed E-state index contributed by atoms with van der Waals surface area (Å²) in [4.78, 5) is 18.3. The number of hydrogen-bond donors (Lipinski definition) is 0. The first kappa shape index (κ1) is 15.4. The van der Waals surface area contributed by atoms with Crippen LogP contribution in [0.1, 0.15) is 15.2 Å². The van der Waals surface area contributed by atoms with Crippen LogP contribution in [-0.4, -0.2) is 39.2 Å². The molecule has 0 radical (unpaired) electrons. The van der Waals surface area contributed by atoms with Crippen molar-refractivity contribution in [2.24, 2.45) is 5.89 Å². The molecule has 2 heterocycles. The lowest BCUT2D eigenvalue weighted by molar-refractivity contribution is -0.121. The third-order valence-electron chi connectivity index (χ3n) is 3.14. The van der Waals surface area contributed by atoms with Gasteiger partial charge in [-0.15, -0.1) is 0 Å². The molecule has 0 aliphatic heterocycles. The van der Waals surface area contributed by atoms with Crippen LogP contribution in [0.25, 0.3) is 5.69 Å². The zero-order valence-corrected chi connectivity index (χ0v) is 14.4. The fourth-order valence-electron chi connectivity index (χ4n) is 2.08. The molecular weight excluding hydrogens is 320 g/mol. The van der Waals surface area contributed by atoms with Crippen molar-refractivity contribution >= 4 is 35.0 Å². The minimum Gasteiger partial charge on any atom is -0.308 e. The zero-order chi connectivity index (χ0) is 17.0. The van der Waals surface area contributed by atoms with Crippen LogP contribution in [0.2, 0.25) is 5.15 Å². The molecule has 0 fully saturated rings. The van der Waals surface area contributed by atoms with E-state index in [-0.39, 0.29) is 11.1 Å². The summed E-state index contributed by atoms with van der Waals surface area (Å²) in [5.74, 6) is -1.09. The maximum Gasteiger partial charge on any atom is 0.230 e. The van der Waals surface area contributed by atoms with Crippen molar-refractivity contribution in [2.75, 3.05) is 23.5 Å². The summed E-state index contributed by atoms with van der Waals surface area (Å²) in [6.07, 6.45) is 6.90. The molecule has 0 aromatic carbocycles. The van der Waals surface area contributed by atoms with E-state index in [1.54, 1.807) is 36.3 Å². The van der Waals surface area contributed by atoms with E-state index in [1.807, 2.05) is 19.2 Å². The van der Waals surface area contributed by atoms with E-state index in [4.69, 9.17) is 13.0 Å². The molecule has 118 valence electrons. The van der Waals surface area contributed by atoms with E-state index in [0.29, 0.717) is 18.0 Å². The van der Waals surface area contributed by atoms with Crippen molar-refractivity contribution in [3.63, 3.8) is 0 Å². The van der Waals surface area contributed by atoms with Crippen LogP contribution in [0.5, 0.6) is 0 Å². The minimum atomic E-state index is -1.21. The second-order valence-corrected chi connectivity index (χ2v) is 5.95. The highest BCUT2D eigenvalue weighted by molar-refractivity contribution is 7.98. The maximum atomic E-state index is 12.7. The summed E-state index contributed by atoms with van der Waals surface area (Å²) in [5, 5.41) is 4.47. The van der Waals surface area contributed by atoms with Crippen molar-refractivity contribution in [2.45, 2.75) is 13.8 Å². The summed E-state index contributed by atoms with van der Waals surface area (Å²) in [5.41, 5.74) is 1.25. The van der Waals surface area contributed by atoms with Gasteiger partial charge in [0.1, 0.15) is 5.69 Å². The van der Waals surface area contributed by atoms with Gasteiger partial charge in [-0.2, -0.15) is 16.9 Å². The second kappa shape index (κ2) is 7.65. The van der Waals surface area contributed by atoms with Crippen molar-refractivity contribution in [1.82, 2.24) is 14.8 Å². The molecule has 2 aromatic heterocycles. The fourth-order valence-corrected chi connectivity index (χ4v) is 2.87. The van der Waals surface area contributed by atoms with Gasteiger partial charge < -0.3 is 4.90 Å². The van der Waals surface area contributed by atoms with Gasteiger partial charge in [-0.1, -0.05) is 18.5 Å². The highest BCUT2D eigenvalue weighted by Gasteiger charge is 2.24. The zero-order valence-electron chi connectivity index (χ0n) is 13.8. The van der Waals surface area contributed by atoms with Gasteiger partial charge in [0.25, 0.3) is 0 Å². The third-order valence-corrected chi connectivity index (χ3v) is 4.13. The number of nitrogens with zero attached hydrogens (tertiary/aromatic N) is 4. The molecule has 2 rings (SSSR count). The molecule has 2 aromatic rings. The highest BCUT2D eigenvalue weighted by Crippen LogP contribution is 2.27. The smallest absolute Gasteiger partial charge is 0.230 e. The van der Waals surface area contributed by atoms with Crippen LogP contribution in [-0.2, 0) is 4.79 Å². The first-order chi connectivity index (χ1) is 10.9. The number of pyridine rings is 1. The Morgan fingerprint density at radius 2 is 2.41 bits per heavy atom. The Hall–Kier alpha value is -1.53. The van der Waals surface area contributed by atoms with Gasteiger partial charge in [0.2, 0.25) is 5.91 Å². The Bertz CT molecular complexity index is 677. The minimum absolute atomic E-state index is 0.226. The molecule has 0 saturated heterocycles. The quantitative estimate of drug-likeness (QED) is 0.810. The van der Waals surface area contributed by atoms with Gasteiger partial charge in [0.05, 0.1) is 18.1 Å². The number of rotatable bonds is 6. The van der Waals surface area contributed by atoms with Gasteiger partial charge in [-0.25, -0.2) is 4.68 Å². The van der Waals surface area contributed by atoms with Gasteiger partial charge >= 0.3 is 0 Å². The van der Waals surface area contributed by atoms with Crippen LogP contribution in [0.15, 0.2) is 30.7 Å². The lowest BCUT2D eigenvalue weighted by Gasteiger charge is -2.23. The Kier molecular flexibility index (Phi) is 5.34. The summed E-state index contributed by atoms with van der Waals surface area (Å²) in [7, 11) is 0. The van der Waals surface area contributed by atoms with Crippen molar-refractivity contribution < 1.29 is 6.17 Å². The van der Waals surface area contributed by atoms with Crippen LogP contribution in [0.3, 0.4) is 0 Å². The van der Waals surface area contributed by atoms with E-state index in [1.165, 1.54) is 16.7 Å². The van der Waals surface area contributed by atoms with E-state index in [9.17, 15) is 4.79 Å². The van der Waals surface area contributed by atoms with Gasteiger partial charge in [-0.3, -0.25) is 9.78 Å². The summed E-state index contributed by atoms with van der Waals surface area (Å²) in [6.45, 7) is 3.89. The lowest BCUT2D eigenvalue weighted by atomic mass is 10.2. The second-order valence-electron chi connectivity index (χ2n) is 4.72. The molecule has 22 heavy (non-hydrogen) atoms. The highest BCUT2D eigenvalue weighted by atomic mass is 35.5. The Morgan fingerprint density at radius 3 is 3.00 bits per heavy atom. The summed E-state index contributed by atoms with van der Waals surface area (Å²) >= 11 is 7.70. The number of thioether (sulfide) groups is 1. The number of aromatic nitrogens is 3. The monoisotopic (exact) mass is 339 g/mol. The number of hydrogen-bond acceptors (Lipinski definition) is 4. The van der Waals surface area contributed by atoms with Crippen LogP contribution in [0, 0.1) is 5.89 Å². The van der Waals surface area contributed by atoms with Gasteiger partial charge in [-0.05, 0) is 25.3 Å². The Labute approximate surface area is 141 Å². The number of amides is 1. The fraction of sp³-hybridized carbons (Fsp3) is 0.400. The standard InChI is InChI=1S/C15H19ClN4OS/c1-4-19(15(21)11(2)10-22-3)13-9-20(18-14(13)16)12-6-5-7-17-8-12/h5-9,11H,4,10H2,1-3H3/i11D. The lowest BCUT2D eigenvalue weighted by Crippen LogP contribution is -2.36. The predicted molar refractivity (Wildman–Crippen MR) is 91.9 cm³/mol. The van der Waals surface area contributed by atoms with Crippen LogP contribution in [0.4, 0.5) is 5.69 Å². The third kappa shape index (κ3) is 3.62. The molecule has 1 unspecified atom stereocenters. The molecule has 0 N–H and O–H groups in total. The molecule has 7 heteroatoms. The largest absolute Gasteiger partial charge is 0.308 e. The average molecular weight is 340 g/mol. The van der Waals surface area contributed by atoms with Gasteiger partial charge in [0.15, 0.2) is 5.15 Å². The molecular formula is C15H19ClN4OS. The number of anilines is 1. The molecule has 1 amide bonds. The maximum absolute atomic E-state index is 12.7. The molecule has 0 aliphatic carbocycles. The summed E-state index contributed by atoms with van der Waals surface area (Å²) in [6, 6.07) is 3.65. The van der Waals surface area contributed by atoms with Crippen molar-refractivity contribution in [3.8, 4) is 5.69 Å². The average Bonchev–Trinajstić information content (AvgIpc) is 2.91. The Balaban J connectivity index is 2.36. The normalized spacial score (nSPS) is 14.3. The van der Waals surface area contributed by atoms with Crippen molar-refractivity contribution in [3.05, 3.63) is 35.9 Å². The molecule has 0 aliphatic rings. The van der Waals surface area contributed by atoms with E-state index < -0.39 is 5.89 Å². The van der Waals surface area contributed by atoms with Crippen LogP contribution < -0.4 is 4.90 Å². The number of halogens is 1. The topological polar surface area (TPSA) is 51.0 Å². The first-order valence-corrected chi connectivity index (χ1v) is 8.64. The Morgan fingerprint density at radius 1 is 1.64 bits per heavy atom. The molecule has 0 bridgehead atoms. The van der Waals surface area contributed by atoms with Crippen LogP contribution >= 0.6 is 23.4 Å². The predicted octanol–water partition coefficient (Wildman–Crippen LogP) is 3.27. The molecule has 0 saturated carbocycles. The summed E-state index contributed by atoms with van der Waals surface area (Å²) < 4.78 is 9.84. The molecule has 5 nitrogen and oxygen atoms in total. The van der Waals surface area contributed by atoms with E-state index >= 15 is 0 Å². The number of carbonyl (C=O) groups excluding carboxylic acids is 1. The molecule has 1 atom stereocenters. The van der Waals surface area contributed by atoms with E-state index in [2.05, 4.69) is 10.1 Å².